The van der Waals surface area contributed by atoms with Crippen molar-refractivity contribution in [2.75, 3.05) is 11.1 Å². The molecule has 0 aliphatic rings. The van der Waals surface area contributed by atoms with Crippen LogP contribution in [0, 0.1) is 6.92 Å². The number of thioether (sulfide) groups is 1. The van der Waals surface area contributed by atoms with Gasteiger partial charge in [0.1, 0.15) is 11.5 Å². The first kappa shape index (κ1) is 20.2. The lowest BCUT2D eigenvalue weighted by Gasteiger charge is -2.03. The predicted octanol–water partition coefficient (Wildman–Crippen LogP) is 4.22. The zero-order valence-corrected chi connectivity index (χ0v) is 17.3. The van der Waals surface area contributed by atoms with Crippen LogP contribution in [0.1, 0.15) is 23.8 Å². The molecule has 2 aromatic heterocycles. The molecule has 0 unspecified atom stereocenters. The summed E-state index contributed by atoms with van der Waals surface area (Å²) in [5, 5.41) is 7.87. The van der Waals surface area contributed by atoms with Gasteiger partial charge in [-0.15, -0.1) is 23.1 Å². The summed E-state index contributed by atoms with van der Waals surface area (Å²) < 4.78 is 5.67. The lowest BCUT2D eigenvalue weighted by molar-refractivity contribution is -0.119. The first-order valence-corrected chi connectivity index (χ1v) is 10.8. The van der Waals surface area contributed by atoms with E-state index < -0.39 is 0 Å². The van der Waals surface area contributed by atoms with Gasteiger partial charge in [-0.2, -0.15) is 0 Å². The molecule has 3 rings (SSSR count). The lowest BCUT2D eigenvalue weighted by atomic mass is 10.2. The summed E-state index contributed by atoms with van der Waals surface area (Å²) in [6, 6.07) is 11.9. The molecule has 8 heteroatoms. The van der Waals surface area contributed by atoms with Crippen molar-refractivity contribution in [1.82, 2.24) is 10.3 Å². The Bertz CT molecular complexity index is 948. The number of furan rings is 1. The van der Waals surface area contributed by atoms with Gasteiger partial charge in [0.05, 0.1) is 12.3 Å². The summed E-state index contributed by atoms with van der Waals surface area (Å²) in [4.78, 5) is 27.5. The Morgan fingerprint density at radius 2 is 1.96 bits per heavy atom. The van der Waals surface area contributed by atoms with Gasteiger partial charge in [0, 0.05) is 18.1 Å². The first-order valence-electron chi connectivity index (χ1n) is 8.72. The second-order valence-electron chi connectivity index (χ2n) is 6.24. The minimum absolute atomic E-state index is 0.0798. The van der Waals surface area contributed by atoms with Crippen LogP contribution in [0.3, 0.4) is 0 Å². The molecule has 28 heavy (non-hydrogen) atoms. The number of thiazole rings is 1. The molecule has 0 atom stereocenters. The van der Waals surface area contributed by atoms with Crippen LogP contribution in [0.15, 0.2) is 46.2 Å². The molecule has 2 N–H and O–H groups in total. The number of nitrogens with zero attached hydrogens (tertiary/aromatic N) is 1. The molecule has 0 aliphatic heterocycles. The molecule has 0 saturated carbocycles. The van der Waals surface area contributed by atoms with Crippen molar-refractivity contribution < 1.29 is 14.0 Å². The third-order valence-corrected chi connectivity index (χ3v) is 5.56. The van der Waals surface area contributed by atoms with Gasteiger partial charge in [-0.05, 0) is 24.6 Å². The van der Waals surface area contributed by atoms with Crippen LogP contribution in [0.4, 0.5) is 5.13 Å². The van der Waals surface area contributed by atoms with Crippen LogP contribution in [0.2, 0.25) is 0 Å². The van der Waals surface area contributed by atoms with E-state index in [4.69, 9.17) is 4.42 Å². The number of rotatable bonds is 8. The van der Waals surface area contributed by atoms with Crippen LogP contribution < -0.4 is 10.6 Å². The van der Waals surface area contributed by atoms with Gasteiger partial charge in [-0.25, -0.2) is 4.98 Å². The summed E-state index contributed by atoms with van der Waals surface area (Å²) in [5.74, 6) is 2.22. The maximum atomic E-state index is 12.1. The van der Waals surface area contributed by atoms with Crippen molar-refractivity contribution in [3.8, 4) is 11.5 Å². The minimum atomic E-state index is -0.114. The molecular weight excluding hydrogens is 394 g/mol. The Kier molecular flexibility index (Phi) is 6.89. The van der Waals surface area contributed by atoms with E-state index in [1.165, 1.54) is 29.4 Å². The van der Waals surface area contributed by atoms with E-state index in [2.05, 4.69) is 46.8 Å². The highest BCUT2D eigenvalue weighted by molar-refractivity contribution is 7.99. The molecule has 0 radical (unpaired) electrons. The topological polar surface area (TPSA) is 84.2 Å². The Morgan fingerprint density at radius 1 is 1.18 bits per heavy atom. The second-order valence-corrected chi connectivity index (χ2v) is 8.08. The number of nitrogens with one attached hydrogen (secondary N) is 2. The Labute approximate surface area is 171 Å². The maximum absolute atomic E-state index is 12.1. The van der Waals surface area contributed by atoms with Crippen molar-refractivity contribution in [2.24, 2.45) is 0 Å². The number of hydrogen-bond donors (Lipinski definition) is 2. The maximum Gasteiger partial charge on any atom is 0.236 e. The summed E-state index contributed by atoms with van der Waals surface area (Å²) in [6.45, 7) is 3.85. The van der Waals surface area contributed by atoms with Crippen LogP contribution in [0.5, 0.6) is 0 Å². The number of benzene rings is 1. The molecule has 2 heterocycles. The summed E-state index contributed by atoms with van der Waals surface area (Å²) in [7, 11) is 0. The second kappa shape index (κ2) is 9.57. The SMILES string of the molecule is CC(=O)NCc1ccc(-c2csc(NC(=O)CSCc3ccc(C)cc3)n2)o1. The number of hydrogen-bond acceptors (Lipinski definition) is 6. The van der Waals surface area contributed by atoms with Crippen LogP contribution in [-0.2, 0) is 21.9 Å². The van der Waals surface area contributed by atoms with Gasteiger partial charge in [-0.1, -0.05) is 29.8 Å². The van der Waals surface area contributed by atoms with Crippen molar-refractivity contribution in [2.45, 2.75) is 26.1 Å². The Balaban J connectivity index is 1.47. The zero-order chi connectivity index (χ0) is 19.9. The summed E-state index contributed by atoms with van der Waals surface area (Å²) in [5.41, 5.74) is 3.08. The van der Waals surface area contributed by atoms with E-state index in [0.717, 1.165) is 5.75 Å². The largest absolute Gasteiger partial charge is 0.458 e. The highest BCUT2D eigenvalue weighted by Crippen LogP contribution is 2.26. The highest BCUT2D eigenvalue weighted by atomic mass is 32.2. The standard InChI is InChI=1S/C20H21N3O3S2/c1-13-3-5-15(6-4-13)10-27-12-19(25)23-20-22-17(11-28-20)18-8-7-16(26-18)9-21-14(2)24/h3-8,11H,9-10,12H2,1-2H3,(H,21,24)(H,22,23,25). The Morgan fingerprint density at radius 3 is 2.71 bits per heavy atom. The van der Waals surface area contributed by atoms with Gasteiger partial charge in [0.2, 0.25) is 11.8 Å². The fraction of sp³-hybridized carbons (Fsp3) is 0.250. The molecule has 1 aromatic carbocycles. The van der Waals surface area contributed by atoms with Gasteiger partial charge in [0.15, 0.2) is 10.9 Å². The molecule has 0 aliphatic carbocycles. The van der Waals surface area contributed by atoms with Crippen LogP contribution >= 0.6 is 23.1 Å². The third-order valence-electron chi connectivity index (χ3n) is 3.80. The number of amides is 2. The lowest BCUT2D eigenvalue weighted by Crippen LogP contribution is -2.18. The van der Waals surface area contributed by atoms with E-state index >= 15 is 0 Å². The third kappa shape index (κ3) is 5.97. The van der Waals surface area contributed by atoms with E-state index in [0.29, 0.717) is 34.6 Å². The van der Waals surface area contributed by atoms with Crippen molar-refractivity contribution >= 4 is 40.0 Å². The number of carbonyl (C=O) groups excluding carboxylic acids is 2. The number of aryl methyl sites for hydroxylation is 1. The highest BCUT2D eigenvalue weighted by Gasteiger charge is 2.11. The van der Waals surface area contributed by atoms with Gasteiger partial charge >= 0.3 is 0 Å². The van der Waals surface area contributed by atoms with Crippen molar-refractivity contribution in [3.05, 3.63) is 58.7 Å². The van der Waals surface area contributed by atoms with Gasteiger partial charge < -0.3 is 15.1 Å². The molecule has 2 amide bonds. The van der Waals surface area contributed by atoms with Crippen LogP contribution in [-0.4, -0.2) is 22.6 Å². The zero-order valence-electron chi connectivity index (χ0n) is 15.7. The monoisotopic (exact) mass is 415 g/mol. The normalized spacial score (nSPS) is 10.6. The molecule has 3 aromatic rings. The van der Waals surface area contributed by atoms with E-state index in [9.17, 15) is 9.59 Å². The van der Waals surface area contributed by atoms with E-state index in [-0.39, 0.29) is 11.8 Å². The number of anilines is 1. The molecule has 6 nitrogen and oxygen atoms in total. The Hall–Kier alpha value is -2.58. The number of carbonyl (C=O) groups is 2. The van der Waals surface area contributed by atoms with Crippen molar-refractivity contribution in [1.29, 1.82) is 0 Å². The van der Waals surface area contributed by atoms with Gasteiger partial charge in [0.25, 0.3) is 0 Å². The first-order chi connectivity index (χ1) is 13.5. The molecule has 0 fully saturated rings. The molecule has 0 bridgehead atoms. The summed E-state index contributed by atoms with van der Waals surface area (Å²) >= 11 is 2.92. The molecule has 0 spiro atoms. The smallest absolute Gasteiger partial charge is 0.236 e. The molecule has 0 saturated heterocycles. The van der Waals surface area contributed by atoms with E-state index in [1.54, 1.807) is 23.9 Å². The van der Waals surface area contributed by atoms with E-state index in [1.807, 2.05) is 5.38 Å². The fourth-order valence-electron chi connectivity index (χ4n) is 2.37. The summed E-state index contributed by atoms with van der Waals surface area (Å²) in [6.07, 6.45) is 0. The van der Waals surface area contributed by atoms with Crippen LogP contribution in [0.25, 0.3) is 11.5 Å². The van der Waals surface area contributed by atoms with Gasteiger partial charge in [-0.3, -0.25) is 9.59 Å². The molecular formula is C20H21N3O3S2. The average molecular weight is 416 g/mol. The molecule has 146 valence electrons. The minimum Gasteiger partial charge on any atom is -0.458 e. The average Bonchev–Trinajstić information content (AvgIpc) is 3.31. The predicted molar refractivity (Wildman–Crippen MR) is 113 cm³/mol. The van der Waals surface area contributed by atoms with Crippen molar-refractivity contribution in [3.63, 3.8) is 0 Å². The fourth-order valence-corrected chi connectivity index (χ4v) is 3.87. The number of aromatic nitrogens is 1. The quantitative estimate of drug-likeness (QED) is 0.575.